The Morgan fingerprint density at radius 2 is 2.25 bits per heavy atom. The van der Waals surface area contributed by atoms with Gasteiger partial charge in [-0.2, -0.15) is 5.10 Å². The van der Waals surface area contributed by atoms with E-state index in [1.54, 1.807) is 11.6 Å². The highest BCUT2D eigenvalue weighted by molar-refractivity contribution is 7.71. The molecular weight excluding hydrogens is 326 g/mol. The van der Waals surface area contributed by atoms with E-state index in [0.717, 1.165) is 11.3 Å². The molecule has 8 heteroatoms. The van der Waals surface area contributed by atoms with Crippen molar-refractivity contribution in [3.63, 3.8) is 0 Å². The number of benzene rings is 1. The van der Waals surface area contributed by atoms with Crippen LogP contribution in [0.1, 0.15) is 24.2 Å². The average molecular weight is 345 g/mol. The standard InChI is InChI=1S/C16H19N5O2S/c1-21-13(19-20-16(21)24)9-17-14(22)7-6-11-8-10-4-2-3-5-12(10)18-15(11)23/h2-5,11H,6-9H2,1H3,(H,17,22)(H,18,23)(H,20,24)/t11-/m1/s1. The van der Waals surface area contributed by atoms with Crippen molar-refractivity contribution in [2.45, 2.75) is 25.8 Å². The highest BCUT2D eigenvalue weighted by atomic mass is 32.1. The fraction of sp³-hybridized carbons (Fsp3) is 0.375. The van der Waals surface area contributed by atoms with Crippen molar-refractivity contribution in [2.24, 2.45) is 13.0 Å². The third-order valence-electron chi connectivity index (χ3n) is 4.25. The van der Waals surface area contributed by atoms with Crippen molar-refractivity contribution >= 4 is 29.7 Å². The Balaban J connectivity index is 1.50. The highest BCUT2D eigenvalue weighted by Crippen LogP contribution is 2.27. The normalized spacial score (nSPS) is 16.4. The highest BCUT2D eigenvalue weighted by Gasteiger charge is 2.26. The van der Waals surface area contributed by atoms with E-state index in [9.17, 15) is 9.59 Å². The summed E-state index contributed by atoms with van der Waals surface area (Å²) < 4.78 is 2.22. The second-order valence-corrected chi connectivity index (χ2v) is 6.25. The summed E-state index contributed by atoms with van der Waals surface area (Å²) in [6.45, 7) is 0.308. The van der Waals surface area contributed by atoms with Gasteiger partial charge in [-0.3, -0.25) is 14.7 Å². The van der Waals surface area contributed by atoms with Crippen molar-refractivity contribution in [1.82, 2.24) is 20.1 Å². The maximum atomic E-state index is 12.1. The van der Waals surface area contributed by atoms with E-state index in [4.69, 9.17) is 12.2 Å². The molecule has 0 bridgehead atoms. The van der Waals surface area contributed by atoms with Crippen LogP contribution >= 0.6 is 12.2 Å². The Morgan fingerprint density at radius 1 is 1.46 bits per heavy atom. The first-order valence-corrected chi connectivity index (χ1v) is 8.21. The minimum absolute atomic E-state index is 0.0176. The number of aromatic nitrogens is 3. The molecule has 1 aliphatic heterocycles. The SMILES string of the molecule is Cn1c(CNC(=O)CC[C@@H]2Cc3ccccc3NC2=O)n[nH]c1=S. The molecule has 1 aromatic heterocycles. The summed E-state index contributed by atoms with van der Waals surface area (Å²) in [6.07, 6.45) is 1.49. The van der Waals surface area contributed by atoms with Crippen LogP contribution in [0.3, 0.4) is 0 Å². The zero-order valence-corrected chi connectivity index (χ0v) is 14.2. The predicted molar refractivity (Wildman–Crippen MR) is 91.7 cm³/mol. The van der Waals surface area contributed by atoms with Gasteiger partial charge in [-0.1, -0.05) is 18.2 Å². The average Bonchev–Trinajstić information content (AvgIpc) is 2.90. The first-order valence-electron chi connectivity index (χ1n) is 7.80. The third-order valence-corrected chi connectivity index (χ3v) is 4.61. The van der Waals surface area contributed by atoms with Crippen molar-refractivity contribution in [3.8, 4) is 0 Å². The van der Waals surface area contributed by atoms with Crippen LogP contribution in [-0.4, -0.2) is 26.6 Å². The number of carbonyl (C=O) groups excluding carboxylic acids is 2. The smallest absolute Gasteiger partial charge is 0.227 e. The Kier molecular flexibility index (Phi) is 4.75. The molecule has 3 rings (SSSR count). The molecule has 0 spiro atoms. The first-order chi connectivity index (χ1) is 11.5. The number of nitrogens with zero attached hydrogens (tertiary/aromatic N) is 2. The van der Waals surface area contributed by atoms with E-state index in [0.29, 0.717) is 36.4 Å². The molecule has 1 atom stereocenters. The Bertz CT molecular complexity index is 826. The summed E-state index contributed by atoms with van der Waals surface area (Å²) in [4.78, 5) is 24.1. The summed E-state index contributed by atoms with van der Waals surface area (Å²) in [5, 5.41) is 12.4. The minimum atomic E-state index is -0.175. The fourth-order valence-corrected chi connectivity index (χ4v) is 2.91. The van der Waals surface area contributed by atoms with Crippen LogP contribution in [-0.2, 0) is 29.6 Å². The molecule has 0 aliphatic carbocycles. The number of aromatic amines is 1. The van der Waals surface area contributed by atoms with Crippen molar-refractivity contribution in [3.05, 3.63) is 40.4 Å². The quantitative estimate of drug-likeness (QED) is 0.719. The largest absolute Gasteiger partial charge is 0.349 e. The lowest BCUT2D eigenvalue weighted by Crippen LogP contribution is -2.31. The number of H-pyrrole nitrogens is 1. The van der Waals surface area contributed by atoms with Gasteiger partial charge < -0.3 is 15.2 Å². The molecule has 3 N–H and O–H groups in total. The number of rotatable bonds is 5. The lowest BCUT2D eigenvalue weighted by molar-refractivity contribution is -0.123. The molecule has 126 valence electrons. The summed E-state index contributed by atoms with van der Waals surface area (Å²) in [6, 6.07) is 7.76. The van der Waals surface area contributed by atoms with Gasteiger partial charge in [-0.15, -0.1) is 0 Å². The van der Waals surface area contributed by atoms with Gasteiger partial charge in [0.2, 0.25) is 11.8 Å². The predicted octanol–water partition coefficient (Wildman–Crippen LogP) is 1.69. The summed E-state index contributed by atoms with van der Waals surface area (Å²) in [5.74, 6) is 0.371. The summed E-state index contributed by atoms with van der Waals surface area (Å²) >= 11 is 5.02. The monoisotopic (exact) mass is 345 g/mol. The number of hydrogen-bond acceptors (Lipinski definition) is 4. The number of hydrogen-bond donors (Lipinski definition) is 3. The number of amides is 2. The van der Waals surface area contributed by atoms with Crippen LogP contribution < -0.4 is 10.6 Å². The molecule has 2 aromatic rings. The molecule has 24 heavy (non-hydrogen) atoms. The maximum absolute atomic E-state index is 12.1. The Hall–Kier alpha value is -2.48. The van der Waals surface area contributed by atoms with E-state index < -0.39 is 0 Å². The molecule has 0 saturated carbocycles. The lowest BCUT2D eigenvalue weighted by atomic mass is 9.89. The van der Waals surface area contributed by atoms with E-state index in [1.807, 2.05) is 24.3 Å². The zero-order chi connectivity index (χ0) is 17.1. The molecule has 0 unspecified atom stereocenters. The van der Waals surface area contributed by atoms with Crippen molar-refractivity contribution < 1.29 is 9.59 Å². The van der Waals surface area contributed by atoms with Gasteiger partial charge in [-0.25, -0.2) is 0 Å². The number of nitrogens with one attached hydrogen (secondary N) is 3. The number of carbonyl (C=O) groups is 2. The van der Waals surface area contributed by atoms with E-state index in [2.05, 4.69) is 20.8 Å². The molecule has 0 radical (unpaired) electrons. The van der Waals surface area contributed by atoms with Gasteiger partial charge in [0.15, 0.2) is 10.6 Å². The fourth-order valence-electron chi connectivity index (χ4n) is 2.76. The van der Waals surface area contributed by atoms with Crippen LogP contribution in [0.2, 0.25) is 0 Å². The van der Waals surface area contributed by atoms with Gasteiger partial charge >= 0.3 is 0 Å². The van der Waals surface area contributed by atoms with Crippen molar-refractivity contribution in [1.29, 1.82) is 0 Å². The third kappa shape index (κ3) is 3.53. The molecule has 0 fully saturated rings. The Morgan fingerprint density at radius 3 is 3.00 bits per heavy atom. The summed E-state index contributed by atoms with van der Waals surface area (Å²) in [7, 11) is 1.79. The van der Waals surface area contributed by atoms with Gasteiger partial charge in [0.1, 0.15) is 0 Å². The first kappa shape index (κ1) is 16.4. The molecule has 1 aliphatic rings. The van der Waals surface area contributed by atoms with Crippen LogP contribution in [0, 0.1) is 10.7 Å². The van der Waals surface area contributed by atoms with E-state index in [1.165, 1.54) is 0 Å². The molecule has 1 aromatic carbocycles. The number of anilines is 1. The Labute approximate surface area is 144 Å². The van der Waals surface area contributed by atoms with Crippen LogP contribution in [0.25, 0.3) is 0 Å². The van der Waals surface area contributed by atoms with E-state index >= 15 is 0 Å². The topological polar surface area (TPSA) is 91.8 Å². The van der Waals surface area contributed by atoms with Gasteiger partial charge in [0.05, 0.1) is 6.54 Å². The molecular formula is C16H19N5O2S. The van der Waals surface area contributed by atoms with E-state index in [-0.39, 0.29) is 17.7 Å². The lowest BCUT2D eigenvalue weighted by Gasteiger charge is -2.24. The zero-order valence-electron chi connectivity index (χ0n) is 13.3. The minimum Gasteiger partial charge on any atom is -0.349 e. The second kappa shape index (κ2) is 6.96. The number of fused-ring (bicyclic) bond motifs is 1. The number of para-hydroxylation sites is 1. The van der Waals surface area contributed by atoms with Crippen molar-refractivity contribution in [2.75, 3.05) is 5.32 Å². The molecule has 2 heterocycles. The van der Waals surface area contributed by atoms with Crippen LogP contribution in [0.4, 0.5) is 5.69 Å². The van der Waals surface area contributed by atoms with Crippen LogP contribution in [0.5, 0.6) is 0 Å². The van der Waals surface area contributed by atoms with Gasteiger partial charge in [0.25, 0.3) is 0 Å². The molecule has 2 amide bonds. The van der Waals surface area contributed by atoms with Gasteiger partial charge in [-0.05, 0) is 36.7 Å². The second-order valence-electron chi connectivity index (χ2n) is 5.87. The molecule has 7 nitrogen and oxygen atoms in total. The molecule has 0 saturated heterocycles. The van der Waals surface area contributed by atoms with Gasteiger partial charge in [0, 0.05) is 25.1 Å². The maximum Gasteiger partial charge on any atom is 0.227 e. The summed E-state index contributed by atoms with van der Waals surface area (Å²) in [5.41, 5.74) is 1.98. The van der Waals surface area contributed by atoms with Crippen LogP contribution in [0.15, 0.2) is 24.3 Å².